The van der Waals surface area contributed by atoms with Crippen LogP contribution in [-0.2, 0) is 4.79 Å². The molecule has 0 saturated carbocycles. The van der Waals surface area contributed by atoms with Crippen LogP contribution in [0.1, 0.15) is 6.92 Å². The number of nitrogens with two attached hydrogens (primary N) is 1. The molecule has 1 amide bonds. The van der Waals surface area contributed by atoms with E-state index in [0.29, 0.717) is 11.5 Å². The number of hydrazine groups is 1. The molecule has 0 saturated heterocycles. The molecule has 2 aromatic carbocycles. The van der Waals surface area contributed by atoms with Gasteiger partial charge in [-0.05, 0) is 78.0 Å². The lowest BCUT2D eigenvalue weighted by Gasteiger charge is -2.13. The number of rotatable bonds is 5. The summed E-state index contributed by atoms with van der Waals surface area (Å²) in [7, 11) is 0. The van der Waals surface area contributed by atoms with Crippen LogP contribution in [0.4, 0.5) is 0 Å². The minimum absolute atomic E-state index is 0.380. The van der Waals surface area contributed by atoms with E-state index in [0.717, 1.165) is 9.32 Å². The SMILES string of the molecule is CC(Oc1ccc(Oc2ccc(I)cc2)cc1)C(=O)NN. The molecule has 0 aliphatic heterocycles. The van der Waals surface area contributed by atoms with Gasteiger partial charge in [0.15, 0.2) is 6.10 Å². The number of carbonyl (C=O) groups excluding carboxylic acids is 1. The van der Waals surface area contributed by atoms with Gasteiger partial charge in [0.05, 0.1) is 0 Å². The molecule has 1 unspecified atom stereocenters. The Kier molecular flexibility index (Phi) is 5.40. The third-order valence-electron chi connectivity index (χ3n) is 2.70. The van der Waals surface area contributed by atoms with Gasteiger partial charge in [-0.15, -0.1) is 0 Å². The molecule has 0 heterocycles. The number of carbonyl (C=O) groups is 1. The monoisotopic (exact) mass is 398 g/mol. The third kappa shape index (κ3) is 4.61. The molecule has 6 heteroatoms. The molecule has 21 heavy (non-hydrogen) atoms. The van der Waals surface area contributed by atoms with Crippen LogP contribution < -0.4 is 20.7 Å². The first-order chi connectivity index (χ1) is 10.1. The quantitative estimate of drug-likeness (QED) is 0.352. The van der Waals surface area contributed by atoms with E-state index in [4.69, 9.17) is 15.3 Å². The predicted molar refractivity (Wildman–Crippen MR) is 88.1 cm³/mol. The van der Waals surface area contributed by atoms with Crippen LogP contribution in [0.3, 0.4) is 0 Å². The van der Waals surface area contributed by atoms with Gasteiger partial charge in [0.1, 0.15) is 17.2 Å². The molecule has 0 radical (unpaired) electrons. The summed E-state index contributed by atoms with van der Waals surface area (Å²) in [6.45, 7) is 1.62. The van der Waals surface area contributed by atoms with Gasteiger partial charge in [-0.25, -0.2) is 5.84 Å². The Bertz CT molecular complexity index is 599. The van der Waals surface area contributed by atoms with E-state index < -0.39 is 6.10 Å². The van der Waals surface area contributed by atoms with Gasteiger partial charge in [0.2, 0.25) is 0 Å². The first-order valence-electron chi connectivity index (χ1n) is 6.29. The summed E-state index contributed by atoms with van der Waals surface area (Å²) < 4.78 is 12.3. The Hall–Kier alpha value is -1.80. The standard InChI is InChI=1S/C15H15IN2O3/c1-10(15(19)18-17)20-12-6-8-14(9-7-12)21-13-4-2-11(16)3-5-13/h2-10H,17H2,1H3,(H,18,19). The molecule has 2 aromatic rings. The van der Waals surface area contributed by atoms with Crippen LogP contribution in [0.5, 0.6) is 17.2 Å². The van der Waals surface area contributed by atoms with Gasteiger partial charge in [-0.1, -0.05) is 0 Å². The van der Waals surface area contributed by atoms with Crippen LogP contribution in [0, 0.1) is 3.57 Å². The summed E-state index contributed by atoms with van der Waals surface area (Å²) in [5.74, 6) is 6.70. The van der Waals surface area contributed by atoms with Crippen LogP contribution in [0.2, 0.25) is 0 Å². The van der Waals surface area contributed by atoms with E-state index in [1.54, 1.807) is 31.2 Å². The van der Waals surface area contributed by atoms with Crippen molar-refractivity contribution < 1.29 is 14.3 Å². The highest BCUT2D eigenvalue weighted by Gasteiger charge is 2.12. The number of hydrogen-bond acceptors (Lipinski definition) is 4. The fourth-order valence-electron chi connectivity index (χ4n) is 1.60. The number of hydrogen-bond donors (Lipinski definition) is 2. The molecule has 2 rings (SSSR count). The minimum atomic E-state index is -0.655. The number of halogens is 1. The average molecular weight is 398 g/mol. The van der Waals surface area contributed by atoms with E-state index in [2.05, 4.69) is 22.6 Å². The molecule has 0 aromatic heterocycles. The van der Waals surface area contributed by atoms with E-state index >= 15 is 0 Å². The Morgan fingerprint density at radius 1 is 1.05 bits per heavy atom. The van der Waals surface area contributed by atoms with Crippen LogP contribution in [-0.4, -0.2) is 12.0 Å². The molecular weight excluding hydrogens is 383 g/mol. The van der Waals surface area contributed by atoms with Gasteiger partial charge in [0.25, 0.3) is 5.91 Å². The molecule has 0 spiro atoms. The first kappa shape index (κ1) is 15.6. The second-order valence-electron chi connectivity index (χ2n) is 4.30. The topological polar surface area (TPSA) is 73.6 Å². The maximum absolute atomic E-state index is 11.3. The van der Waals surface area contributed by atoms with Crippen LogP contribution in [0.25, 0.3) is 0 Å². The Balaban J connectivity index is 1.98. The number of nitrogens with one attached hydrogen (secondary N) is 1. The molecular formula is C15H15IN2O3. The second-order valence-corrected chi connectivity index (χ2v) is 5.54. The zero-order chi connectivity index (χ0) is 15.2. The Morgan fingerprint density at radius 3 is 2.05 bits per heavy atom. The molecule has 0 aliphatic carbocycles. The van der Waals surface area contributed by atoms with Crippen molar-refractivity contribution >= 4 is 28.5 Å². The highest BCUT2D eigenvalue weighted by Crippen LogP contribution is 2.24. The van der Waals surface area contributed by atoms with Crippen molar-refractivity contribution in [3.05, 3.63) is 52.1 Å². The number of benzene rings is 2. The summed E-state index contributed by atoms with van der Waals surface area (Å²) in [5.41, 5.74) is 2.04. The van der Waals surface area contributed by atoms with Crippen molar-refractivity contribution in [3.63, 3.8) is 0 Å². The molecule has 0 bridgehead atoms. The van der Waals surface area contributed by atoms with E-state index in [-0.39, 0.29) is 5.91 Å². The zero-order valence-electron chi connectivity index (χ0n) is 11.4. The van der Waals surface area contributed by atoms with Crippen molar-refractivity contribution in [3.8, 4) is 17.2 Å². The van der Waals surface area contributed by atoms with Gasteiger partial charge in [0, 0.05) is 3.57 Å². The van der Waals surface area contributed by atoms with Crippen molar-refractivity contribution in [2.75, 3.05) is 0 Å². The summed E-state index contributed by atoms with van der Waals surface area (Å²) in [6.07, 6.45) is -0.655. The summed E-state index contributed by atoms with van der Waals surface area (Å²) in [4.78, 5) is 11.3. The Labute approximate surface area is 136 Å². The van der Waals surface area contributed by atoms with Crippen LogP contribution >= 0.6 is 22.6 Å². The van der Waals surface area contributed by atoms with Gasteiger partial charge >= 0.3 is 0 Å². The predicted octanol–water partition coefficient (Wildman–Crippen LogP) is 2.84. The third-order valence-corrected chi connectivity index (χ3v) is 3.42. The van der Waals surface area contributed by atoms with E-state index in [1.807, 2.05) is 29.7 Å². The Morgan fingerprint density at radius 2 is 1.52 bits per heavy atom. The highest BCUT2D eigenvalue weighted by molar-refractivity contribution is 14.1. The zero-order valence-corrected chi connectivity index (χ0v) is 13.5. The lowest BCUT2D eigenvalue weighted by Crippen LogP contribution is -2.40. The van der Waals surface area contributed by atoms with Crippen LogP contribution in [0.15, 0.2) is 48.5 Å². The van der Waals surface area contributed by atoms with Crippen molar-refractivity contribution in [1.82, 2.24) is 5.43 Å². The molecule has 5 nitrogen and oxygen atoms in total. The lowest BCUT2D eigenvalue weighted by molar-refractivity contribution is -0.127. The van der Waals surface area contributed by atoms with Crippen molar-refractivity contribution in [2.45, 2.75) is 13.0 Å². The van der Waals surface area contributed by atoms with Gasteiger partial charge < -0.3 is 9.47 Å². The highest BCUT2D eigenvalue weighted by atomic mass is 127. The van der Waals surface area contributed by atoms with Gasteiger partial charge in [-0.3, -0.25) is 10.2 Å². The second kappa shape index (κ2) is 7.28. The maximum atomic E-state index is 11.3. The van der Waals surface area contributed by atoms with Crippen molar-refractivity contribution in [1.29, 1.82) is 0 Å². The number of amides is 1. The van der Waals surface area contributed by atoms with Gasteiger partial charge in [-0.2, -0.15) is 0 Å². The minimum Gasteiger partial charge on any atom is -0.481 e. The summed E-state index contributed by atoms with van der Waals surface area (Å²) in [6, 6.07) is 14.8. The number of ether oxygens (including phenoxy) is 2. The first-order valence-corrected chi connectivity index (χ1v) is 7.37. The largest absolute Gasteiger partial charge is 0.481 e. The molecule has 3 N–H and O–H groups in total. The average Bonchev–Trinajstić information content (AvgIpc) is 2.50. The smallest absolute Gasteiger partial charge is 0.274 e. The summed E-state index contributed by atoms with van der Waals surface area (Å²) >= 11 is 2.24. The lowest BCUT2D eigenvalue weighted by atomic mass is 10.3. The molecule has 1 atom stereocenters. The summed E-state index contributed by atoms with van der Waals surface area (Å²) in [5, 5.41) is 0. The van der Waals surface area contributed by atoms with Crippen molar-refractivity contribution in [2.24, 2.45) is 5.84 Å². The fourth-order valence-corrected chi connectivity index (χ4v) is 1.96. The maximum Gasteiger partial charge on any atom is 0.274 e. The fraction of sp³-hybridized carbons (Fsp3) is 0.133. The van der Waals surface area contributed by atoms with E-state index in [1.165, 1.54) is 0 Å². The molecule has 110 valence electrons. The van der Waals surface area contributed by atoms with E-state index in [9.17, 15) is 4.79 Å². The molecule has 0 fully saturated rings. The normalized spacial score (nSPS) is 11.6. The molecule has 0 aliphatic rings.